The summed E-state index contributed by atoms with van der Waals surface area (Å²) in [7, 11) is 0. The summed E-state index contributed by atoms with van der Waals surface area (Å²) in [4.78, 5) is 7.11. The van der Waals surface area contributed by atoms with Gasteiger partial charge in [0, 0.05) is 23.4 Å². The summed E-state index contributed by atoms with van der Waals surface area (Å²) < 4.78 is 5.50. The Hall–Kier alpha value is -2.66. The topological polar surface area (TPSA) is 68.2 Å². The summed E-state index contributed by atoms with van der Waals surface area (Å²) >= 11 is 0. The lowest BCUT2D eigenvalue weighted by atomic mass is 10.1. The van der Waals surface area contributed by atoms with Gasteiger partial charge < -0.3 is 10.3 Å². The van der Waals surface area contributed by atoms with E-state index in [0.29, 0.717) is 17.4 Å². The second kappa shape index (κ2) is 7.30. The highest BCUT2D eigenvalue weighted by molar-refractivity contribution is 5.66. The number of aryl methyl sites for hydroxylation is 1. The molecule has 1 saturated heterocycles. The second-order valence-electron chi connectivity index (χ2n) is 7.03. The monoisotopic (exact) mass is 348 g/mol. The van der Waals surface area contributed by atoms with E-state index in [0.717, 1.165) is 23.2 Å². The average Bonchev–Trinajstić information content (AvgIpc) is 3.15. The van der Waals surface area contributed by atoms with Crippen LogP contribution in [0.3, 0.4) is 0 Å². The van der Waals surface area contributed by atoms with Gasteiger partial charge in [-0.25, -0.2) is 0 Å². The summed E-state index contributed by atoms with van der Waals surface area (Å²) in [5, 5.41) is 4.18. The Morgan fingerprint density at radius 1 is 1.08 bits per heavy atom. The molecule has 0 spiro atoms. The lowest BCUT2D eigenvalue weighted by Gasteiger charge is -2.26. The van der Waals surface area contributed by atoms with Gasteiger partial charge in [0.15, 0.2) is 0 Å². The largest absolute Gasteiger partial charge is 0.399 e. The van der Waals surface area contributed by atoms with Gasteiger partial charge in [-0.15, -0.1) is 0 Å². The molecule has 0 aliphatic carbocycles. The van der Waals surface area contributed by atoms with Gasteiger partial charge in [-0.1, -0.05) is 35.8 Å². The van der Waals surface area contributed by atoms with E-state index < -0.39 is 0 Å². The number of piperidine rings is 1. The zero-order chi connectivity index (χ0) is 17.9. The van der Waals surface area contributed by atoms with Gasteiger partial charge in [-0.3, -0.25) is 4.90 Å². The van der Waals surface area contributed by atoms with Crippen LogP contribution in [-0.2, 0) is 6.54 Å². The Labute approximate surface area is 153 Å². The average molecular weight is 348 g/mol. The Morgan fingerprint density at radius 3 is 2.77 bits per heavy atom. The molecule has 1 fully saturated rings. The Kier molecular flexibility index (Phi) is 4.71. The maximum Gasteiger partial charge on any atom is 0.258 e. The Balaban J connectivity index is 1.57. The number of hydrogen-bond acceptors (Lipinski definition) is 5. The molecular weight excluding hydrogens is 324 g/mol. The summed E-state index contributed by atoms with van der Waals surface area (Å²) in [5.74, 6) is 1.12. The molecule has 5 heteroatoms. The number of aromatic nitrogens is 2. The number of nitrogens with two attached hydrogens (primary N) is 1. The molecule has 1 aliphatic rings. The molecule has 26 heavy (non-hydrogen) atoms. The van der Waals surface area contributed by atoms with E-state index in [9.17, 15) is 0 Å². The maximum absolute atomic E-state index is 5.90. The predicted octanol–water partition coefficient (Wildman–Crippen LogP) is 4.28. The zero-order valence-corrected chi connectivity index (χ0v) is 15.1. The molecule has 0 bridgehead atoms. The smallest absolute Gasteiger partial charge is 0.258 e. The van der Waals surface area contributed by atoms with Gasteiger partial charge in [-0.2, -0.15) is 4.98 Å². The van der Waals surface area contributed by atoms with Crippen LogP contribution in [0.4, 0.5) is 5.69 Å². The van der Waals surface area contributed by atoms with E-state index in [2.05, 4.69) is 33.2 Å². The van der Waals surface area contributed by atoms with E-state index in [-0.39, 0.29) is 0 Å². The number of anilines is 1. The second-order valence-corrected chi connectivity index (χ2v) is 7.03. The molecule has 4 rings (SSSR count). The third kappa shape index (κ3) is 3.63. The first-order valence-corrected chi connectivity index (χ1v) is 9.21. The quantitative estimate of drug-likeness (QED) is 0.713. The predicted molar refractivity (Wildman–Crippen MR) is 103 cm³/mol. The van der Waals surface area contributed by atoms with Crippen LogP contribution in [0.15, 0.2) is 47.0 Å². The van der Waals surface area contributed by atoms with Gasteiger partial charge in [-0.05, 0) is 62.2 Å². The van der Waals surface area contributed by atoms with Gasteiger partial charge in [0.25, 0.3) is 5.89 Å². The first-order chi connectivity index (χ1) is 12.7. The van der Waals surface area contributed by atoms with Crippen molar-refractivity contribution >= 4 is 5.69 Å². The van der Waals surface area contributed by atoms with Gasteiger partial charge >= 0.3 is 0 Å². The lowest BCUT2D eigenvalue weighted by molar-refractivity contribution is 0.221. The Morgan fingerprint density at radius 2 is 1.92 bits per heavy atom. The minimum absolute atomic E-state index is 0.506. The third-order valence-electron chi connectivity index (χ3n) is 4.96. The number of likely N-dealkylation sites (tertiary alicyclic amines) is 1. The number of nitrogens with zero attached hydrogens (tertiary/aromatic N) is 3. The van der Waals surface area contributed by atoms with Crippen LogP contribution in [0.2, 0.25) is 0 Å². The van der Waals surface area contributed by atoms with Crippen LogP contribution in [0.5, 0.6) is 0 Å². The number of hydrogen-bond donors (Lipinski definition) is 1. The van der Waals surface area contributed by atoms with Crippen molar-refractivity contribution in [3.05, 3.63) is 53.6 Å². The summed E-state index contributed by atoms with van der Waals surface area (Å²) in [6.45, 7) is 5.36. The molecule has 0 unspecified atom stereocenters. The lowest BCUT2D eigenvalue weighted by Crippen LogP contribution is -2.29. The molecule has 2 heterocycles. The van der Waals surface area contributed by atoms with E-state index in [1.165, 1.54) is 37.9 Å². The highest BCUT2D eigenvalue weighted by atomic mass is 16.5. The fourth-order valence-corrected chi connectivity index (χ4v) is 3.50. The SMILES string of the molecule is Cc1ccc(N)cc1-c1nc(-c2cccc(CN3CCCCC3)c2)no1. The minimum Gasteiger partial charge on any atom is -0.399 e. The molecule has 0 saturated carbocycles. The fraction of sp³-hybridized carbons (Fsp3) is 0.333. The molecule has 0 amide bonds. The molecule has 0 atom stereocenters. The van der Waals surface area contributed by atoms with E-state index in [1.54, 1.807) is 0 Å². The van der Waals surface area contributed by atoms with Crippen molar-refractivity contribution in [2.75, 3.05) is 18.8 Å². The highest BCUT2D eigenvalue weighted by Crippen LogP contribution is 2.27. The molecule has 5 nitrogen and oxygen atoms in total. The van der Waals surface area contributed by atoms with E-state index >= 15 is 0 Å². The number of benzene rings is 2. The first kappa shape index (κ1) is 16.8. The van der Waals surface area contributed by atoms with Crippen molar-refractivity contribution in [1.29, 1.82) is 0 Å². The molecular formula is C21H24N4O. The minimum atomic E-state index is 0.506. The van der Waals surface area contributed by atoms with Crippen LogP contribution in [0, 0.1) is 6.92 Å². The van der Waals surface area contributed by atoms with Gasteiger partial charge in [0.05, 0.1) is 0 Å². The van der Waals surface area contributed by atoms with Crippen molar-refractivity contribution < 1.29 is 4.52 Å². The third-order valence-corrected chi connectivity index (χ3v) is 4.96. The van der Waals surface area contributed by atoms with Crippen LogP contribution in [0.1, 0.15) is 30.4 Å². The van der Waals surface area contributed by atoms with Gasteiger partial charge in [0.1, 0.15) is 0 Å². The van der Waals surface area contributed by atoms with Crippen molar-refractivity contribution in [3.8, 4) is 22.8 Å². The molecule has 1 aromatic heterocycles. The van der Waals surface area contributed by atoms with Crippen LogP contribution >= 0.6 is 0 Å². The van der Waals surface area contributed by atoms with E-state index in [1.807, 2.05) is 31.2 Å². The van der Waals surface area contributed by atoms with Crippen molar-refractivity contribution in [3.63, 3.8) is 0 Å². The van der Waals surface area contributed by atoms with Crippen LogP contribution in [-0.4, -0.2) is 28.1 Å². The molecule has 2 aromatic carbocycles. The highest BCUT2D eigenvalue weighted by Gasteiger charge is 2.14. The summed E-state index contributed by atoms with van der Waals surface area (Å²) in [6, 6.07) is 14.1. The summed E-state index contributed by atoms with van der Waals surface area (Å²) in [5.41, 5.74) is 10.8. The molecule has 2 N–H and O–H groups in total. The first-order valence-electron chi connectivity index (χ1n) is 9.21. The number of nitrogen functional groups attached to an aromatic ring is 1. The van der Waals surface area contributed by atoms with Crippen molar-refractivity contribution in [1.82, 2.24) is 15.0 Å². The zero-order valence-electron chi connectivity index (χ0n) is 15.1. The maximum atomic E-state index is 5.90. The molecule has 1 aliphatic heterocycles. The van der Waals surface area contributed by atoms with Crippen molar-refractivity contribution in [2.45, 2.75) is 32.7 Å². The molecule has 3 aromatic rings. The van der Waals surface area contributed by atoms with Crippen molar-refractivity contribution in [2.24, 2.45) is 0 Å². The normalized spacial score (nSPS) is 15.3. The van der Waals surface area contributed by atoms with Crippen LogP contribution < -0.4 is 5.73 Å². The van der Waals surface area contributed by atoms with E-state index in [4.69, 9.17) is 10.3 Å². The van der Waals surface area contributed by atoms with Crippen LogP contribution in [0.25, 0.3) is 22.8 Å². The number of rotatable bonds is 4. The fourth-order valence-electron chi connectivity index (χ4n) is 3.50. The molecule has 0 radical (unpaired) electrons. The standard InChI is InChI=1S/C21H24N4O/c1-15-8-9-18(22)13-19(15)21-23-20(24-26-21)17-7-5-6-16(12-17)14-25-10-3-2-4-11-25/h5-9,12-13H,2-4,10-11,14,22H2,1H3. The summed E-state index contributed by atoms with van der Waals surface area (Å²) in [6.07, 6.45) is 3.95. The molecule has 134 valence electrons. The van der Waals surface area contributed by atoms with Gasteiger partial charge in [0.2, 0.25) is 5.82 Å². The Bertz CT molecular complexity index is 897.